The second-order valence-electron chi connectivity index (χ2n) is 8.38. The number of aromatic nitrogens is 2. The van der Waals surface area contributed by atoms with Crippen molar-refractivity contribution in [2.24, 2.45) is 0 Å². The molecule has 0 amide bonds. The van der Waals surface area contributed by atoms with E-state index < -0.39 is 0 Å². The maximum Gasteiger partial charge on any atom is 0.245 e. The average molecular weight is 493 g/mol. The quantitative estimate of drug-likeness (QED) is 0.319. The minimum absolute atomic E-state index is 0. The maximum absolute atomic E-state index is 13.2. The van der Waals surface area contributed by atoms with Gasteiger partial charge < -0.3 is 21.7 Å². The van der Waals surface area contributed by atoms with Crippen LogP contribution >= 0.6 is 0 Å². The van der Waals surface area contributed by atoms with Crippen LogP contribution in [0.1, 0.15) is 39.5 Å². The van der Waals surface area contributed by atoms with Gasteiger partial charge in [-0.2, -0.15) is 0 Å². The van der Waals surface area contributed by atoms with E-state index in [9.17, 15) is 9.18 Å². The number of Topliss-reactive ketones (excluding diaryl/α,β-unsaturated/α-hetero) is 1. The molecule has 0 fully saturated rings. The Kier molecular flexibility index (Phi) is 5.33. The zero-order valence-corrected chi connectivity index (χ0v) is 19.0. The van der Waals surface area contributed by atoms with Gasteiger partial charge in [0, 0.05) is 17.5 Å². The molecule has 2 aliphatic rings. The topological polar surface area (TPSA) is 35.1 Å². The molecule has 6 rings (SSSR count). The van der Waals surface area contributed by atoms with E-state index in [-0.39, 0.29) is 41.2 Å². The van der Waals surface area contributed by atoms with Crippen molar-refractivity contribution in [2.45, 2.75) is 31.8 Å². The van der Waals surface area contributed by atoms with E-state index in [0.717, 1.165) is 42.7 Å². The maximum atomic E-state index is 13.2. The van der Waals surface area contributed by atoms with E-state index >= 15 is 0 Å². The summed E-state index contributed by atoms with van der Waals surface area (Å²) in [5, 5.41) is 0. The van der Waals surface area contributed by atoms with Gasteiger partial charge in [0.05, 0.1) is 6.61 Å². The van der Waals surface area contributed by atoms with Crippen LogP contribution in [0.4, 0.5) is 4.39 Å². The van der Waals surface area contributed by atoms with Gasteiger partial charge in [-0.1, -0.05) is 18.2 Å². The van der Waals surface area contributed by atoms with Crippen LogP contribution in [0.2, 0.25) is 0 Å². The zero-order valence-electron chi connectivity index (χ0n) is 17.4. The molecule has 1 aromatic heterocycles. The summed E-state index contributed by atoms with van der Waals surface area (Å²) in [7, 11) is 0. The number of nitrogens with zero attached hydrogens (tertiary/aromatic N) is 2. The molecule has 3 aromatic carbocycles. The van der Waals surface area contributed by atoms with Gasteiger partial charge in [-0.25, -0.2) is 13.5 Å². The number of carbonyl (C=O) groups is 1. The first-order chi connectivity index (χ1) is 15.2. The Balaban J connectivity index is 0.00000216. The van der Waals surface area contributed by atoms with Gasteiger partial charge in [-0.05, 0) is 66.4 Å². The SMILES string of the molecule is O=C(C[n+]1cn(C2CCc3cc4c(cc32)OCC4)c2ccccc21)c1ccc(F)cc1.[Br-]. The molecule has 0 radical (unpaired) electrons. The third kappa shape index (κ3) is 3.43. The number of hydrogen-bond acceptors (Lipinski definition) is 2. The number of aryl methyl sites for hydroxylation is 1. The predicted molar refractivity (Wildman–Crippen MR) is 115 cm³/mol. The molecule has 6 heteroatoms. The van der Waals surface area contributed by atoms with Crippen molar-refractivity contribution in [1.29, 1.82) is 0 Å². The van der Waals surface area contributed by atoms with Gasteiger partial charge in [-0.3, -0.25) is 4.79 Å². The van der Waals surface area contributed by atoms with Gasteiger partial charge in [0.15, 0.2) is 17.6 Å². The van der Waals surface area contributed by atoms with Crippen LogP contribution in [0.5, 0.6) is 5.75 Å². The molecule has 1 aliphatic carbocycles. The first kappa shape index (κ1) is 20.9. The first-order valence-electron chi connectivity index (χ1n) is 10.7. The lowest BCUT2D eigenvalue weighted by Gasteiger charge is -2.10. The standard InChI is InChI=1S/C26H22FN2O2.BrH/c27-20-8-5-17(6-9-20)25(30)15-28-16-29(24-4-2-1-3-23(24)28)22-10-7-18-13-19-11-12-31-26(19)14-21(18)22;/h1-6,8-9,13-14,16,22H,7,10-12,15H2;1H/q+1;/p-1. The van der Waals surface area contributed by atoms with Crippen LogP contribution in [0.25, 0.3) is 11.0 Å². The number of ether oxygens (including phenoxy) is 1. The number of rotatable bonds is 4. The second kappa shape index (κ2) is 8.17. The molecule has 0 saturated carbocycles. The number of ketones is 1. The highest BCUT2D eigenvalue weighted by atomic mass is 79.9. The van der Waals surface area contributed by atoms with Crippen LogP contribution in [0.15, 0.2) is 67.0 Å². The minimum atomic E-state index is -0.337. The van der Waals surface area contributed by atoms with Crippen LogP contribution in [0, 0.1) is 5.82 Å². The summed E-state index contributed by atoms with van der Waals surface area (Å²) in [6.45, 7) is 0.979. The van der Waals surface area contributed by atoms with E-state index in [0.29, 0.717) is 5.56 Å². The van der Waals surface area contributed by atoms with E-state index in [1.54, 1.807) is 12.1 Å². The lowest BCUT2D eigenvalue weighted by Crippen LogP contribution is -3.00. The molecule has 1 atom stereocenters. The number of para-hydroxylation sites is 2. The van der Waals surface area contributed by atoms with Crippen molar-refractivity contribution in [3.63, 3.8) is 0 Å². The highest BCUT2D eigenvalue weighted by Gasteiger charge is 2.33. The lowest BCUT2D eigenvalue weighted by atomic mass is 10.0. The fourth-order valence-electron chi connectivity index (χ4n) is 5.01. The Hall–Kier alpha value is -2.99. The Bertz CT molecular complexity index is 1330. The molecular weight excluding hydrogens is 471 g/mol. The van der Waals surface area contributed by atoms with Gasteiger partial charge in [0.25, 0.3) is 0 Å². The zero-order chi connectivity index (χ0) is 20.9. The first-order valence-corrected chi connectivity index (χ1v) is 10.7. The number of carbonyl (C=O) groups excluding carboxylic acids is 1. The molecule has 4 nitrogen and oxygen atoms in total. The smallest absolute Gasteiger partial charge is 0.245 e. The van der Waals surface area contributed by atoms with Crippen molar-refractivity contribution in [3.8, 4) is 5.75 Å². The molecule has 2 heterocycles. The number of benzene rings is 3. The van der Waals surface area contributed by atoms with E-state index in [2.05, 4.69) is 29.1 Å². The Morgan fingerprint density at radius 3 is 2.72 bits per heavy atom. The molecule has 0 saturated heterocycles. The minimum Gasteiger partial charge on any atom is -1.00 e. The third-order valence-corrected chi connectivity index (χ3v) is 6.55. The predicted octanol–water partition coefficient (Wildman–Crippen LogP) is 1.43. The van der Waals surface area contributed by atoms with Crippen LogP contribution in [0.3, 0.4) is 0 Å². The summed E-state index contributed by atoms with van der Waals surface area (Å²) in [6.07, 6.45) is 5.13. The van der Waals surface area contributed by atoms with Crippen molar-refractivity contribution in [3.05, 3.63) is 95.1 Å². The normalized spacial score (nSPS) is 16.3. The highest BCUT2D eigenvalue weighted by Crippen LogP contribution is 2.40. The van der Waals surface area contributed by atoms with Crippen molar-refractivity contribution < 1.29 is 35.5 Å². The average Bonchev–Trinajstić information content (AvgIpc) is 3.49. The van der Waals surface area contributed by atoms with Crippen molar-refractivity contribution in [2.75, 3.05) is 6.61 Å². The van der Waals surface area contributed by atoms with Crippen molar-refractivity contribution in [1.82, 2.24) is 4.57 Å². The van der Waals surface area contributed by atoms with Gasteiger partial charge in [-0.15, -0.1) is 0 Å². The third-order valence-electron chi connectivity index (χ3n) is 6.55. The molecule has 0 spiro atoms. The van der Waals surface area contributed by atoms with Gasteiger partial charge in [0.2, 0.25) is 12.1 Å². The van der Waals surface area contributed by atoms with Crippen LogP contribution < -0.4 is 26.3 Å². The summed E-state index contributed by atoms with van der Waals surface area (Å²) in [4.78, 5) is 12.9. The lowest BCUT2D eigenvalue weighted by molar-refractivity contribution is -0.658. The second-order valence-corrected chi connectivity index (χ2v) is 8.38. The Morgan fingerprint density at radius 1 is 1.06 bits per heavy atom. The number of imidazole rings is 1. The number of halogens is 2. The fourth-order valence-corrected chi connectivity index (χ4v) is 5.01. The van der Waals surface area contributed by atoms with Gasteiger partial charge >= 0.3 is 0 Å². The van der Waals surface area contributed by atoms with E-state index in [1.807, 2.05) is 22.8 Å². The van der Waals surface area contributed by atoms with Crippen molar-refractivity contribution >= 4 is 16.8 Å². The molecule has 4 aromatic rings. The molecule has 1 unspecified atom stereocenters. The Labute approximate surface area is 196 Å². The molecule has 0 N–H and O–H groups in total. The molecular formula is C26H22BrFN2O2. The number of hydrogen-bond donors (Lipinski definition) is 0. The van der Waals surface area contributed by atoms with E-state index in [1.165, 1.54) is 28.8 Å². The van der Waals surface area contributed by atoms with Crippen LogP contribution in [-0.4, -0.2) is 17.0 Å². The molecule has 162 valence electrons. The Morgan fingerprint density at radius 2 is 1.88 bits per heavy atom. The van der Waals surface area contributed by atoms with Gasteiger partial charge in [0.1, 0.15) is 17.6 Å². The summed E-state index contributed by atoms with van der Waals surface area (Å²) in [5.74, 6) is 0.642. The largest absolute Gasteiger partial charge is 1.00 e. The number of fused-ring (bicyclic) bond motifs is 3. The summed E-state index contributed by atoms with van der Waals surface area (Å²) < 4.78 is 23.4. The highest BCUT2D eigenvalue weighted by molar-refractivity contribution is 5.95. The molecule has 32 heavy (non-hydrogen) atoms. The summed E-state index contributed by atoms with van der Waals surface area (Å²) in [6, 6.07) is 18.7. The van der Waals surface area contributed by atoms with E-state index in [4.69, 9.17) is 4.74 Å². The molecule has 0 bridgehead atoms. The summed E-state index contributed by atoms with van der Waals surface area (Å²) >= 11 is 0. The fraction of sp³-hybridized carbons (Fsp3) is 0.231. The van der Waals surface area contributed by atoms with Crippen LogP contribution in [-0.2, 0) is 19.4 Å². The summed E-state index contributed by atoms with van der Waals surface area (Å²) in [5.41, 5.74) is 6.68. The monoisotopic (exact) mass is 492 g/mol. The molecule has 1 aliphatic heterocycles.